The zero-order valence-corrected chi connectivity index (χ0v) is 14.2. The Balaban J connectivity index is 2.34. The van der Waals surface area contributed by atoms with Crippen molar-refractivity contribution in [2.24, 2.45) is 0 Å². The molecule has 1 fully saturated rings. The molecule has 19 heavy (non-hydrogen) atoms. The molecule has 1 aliphatic heterocycles. The van der Waals surface area contributed by atoms with Crippen molar-refractivity contribution < 1.29 is 4.79 Å². The first-order valence-corrected chi connectivity index (χ1v) is 7.84. The van der Waals surface area contributed by atoms with Crippen molar-refractivity contribution >= 4 is 56.2 Å². The predicted octanol–water partition coefficient (Wildman–Crippen LogP) is 4.45. The number of thioether (sulfide) groups is 1. The number of amides is 1. The molecule has 100 valence electrons. The molecule has 0 aromatic heterocycles. The van der Waals surface area contributed by atoms with E-state index in [4.69, 9.17) is 12.2 Å². The van der Waals surface area contributed by atoms with Gasteiger partial charge in [0.05, 0.1) is 4.91 Å². The van der Waals surface area contributed by atoms with E-state index in [-0.39, 0.29) is 11.4 Å². The van der Waals surface area contributed by atoms with Crippen molar-refractivity contribution in [1.29, 1.82) is 0 Å². The number of thiocarbonyl (C=S) groups is 1. The highest BCUT2D eigenvalue weighted by atomic mass is 79.9. The van der Waals surface area contributed by atoms with E-state index in [0.29, 0.717) is 9.23 Å². The molecule has 0 atom stereocenters. The van der Waals surface area contributed by atoms with Crippen molar-refractivity contribution in [1.82, 2.24) is 4.90 Å². The molecule has 1 amide bonds. The Morgan fingerprint density at radius 3 is 2.58 bits per heavy atom. The minimum atomic E-state index is -0.284. The van der Waals surface area contributed by atoms with Crippen LogP contribution in [0, 0.1) is 0 Å². The van der Waals surface area contributed by atoms with Crippen LogP contribution in [0.5, 0.6) is 0 Å². The van der Waals surface area contributed by atoms with Crippen LogP contribution in [0.25, 0.3) is 6.08 Å². The molecule has 5 heteroatoms. The summed E-state index contributed by atoms with van der Waals surface area (Å²) in [7, 11) is 0. The molecule has 1 aliphatic rings. The van der Waals surface area contributed by atoms with E-state index in [9.17, 15) is 4.79 Å². The minimum Gasteiger partial charge on any atom is -0.288 e. The first kappa shape index (κ1) is 14.8. The van der Waals surface area contributed by atoms with Crippen LogP contribution in [0.4, 0.5) is 0 Å². The molecular formula is C14H14BrNOS2. The van der Waals surface area contributed by atoms with Crippen LogP contribution in [0.15, 0.2) is 33.6 Å². The van der Waals surface area contributed by atoms with E-state index < -0.39 is 0 Å². The summed E-state index contributed by atoms with van der Waals surface area (Å²) in [5.41, 5.74) is 0.706. The second-order valence-corrected chi connectivity index (χ2v) is 7.83. The normalized spacial score (nSPS) is 18.5. The van der Waals surface area contributed by atoms with Crippen molar-refractivity contribution in [3.05, 3.63) is 39.2 Å². The number of benzene rings is 1. The number of hydrogen-bond donors (Lipinski definition) is 0. The highest BCUT2D eigenvalue weighted by Gasteiger charge is 2.38. The molecule has 0 radical (unpaired) electrons. The van der Waals surface area contributed by atoms with Crippen molar-refractivity contribution in [2.45, 2.75) is 26.3 Å². The number of nitrogens with zero attached hydrogens (tertiary/aromatic N) is 1. The standard InChI is InChI=1S/C14H14BrNOS2/c1-14(2,3)16-12(17)11(19-13(16)18)8-9-5-4-6-10(15)7-9/h4-8H,1-3H3/b11-8-. The summed E-state index contributed by atoms with van der Waals surface area (Å²) in [6.07, 6.45) is 1.88. The topological polar surface area (TPSA) is 20.3 Å². The lowest BCUT2D eigenvalue weighted by Crippen LogP contribution is -2.44. The quantitative estimate of drug-likeness (QED) is 0.548. The van der Waals surface area contributed by atoms with Crippen LogP contribution in [-0.4, -0.2) is 20.7 Å². The van der Waals surface area contributed by atoms with Crippen LogP contribution in [0.3, 0.4) is 0 Å². The molecule has 1 aromatic rings. The van der Waals surface area contributed by atoms with Crippen molar-refractivity contribution in [3.8, 4) is 0 Å². The van der Waals surface area contributed by atoms with Crippen LogP contribution < -0.4 is 0 Å². The third-order valence-corrected chi connectivity index (χ3v) is 4.41. The fraction of sp³-hybridized carbons (Fsp3) is 0.286. The lowest BCUT2D eigenvalue weighted by molar-refractivity contribution is -0.125. The Morgan fingerprint density at radius 2 is 2.05 bits per heavy atom. The van der Waals surface area contributed by atoms with Crippen LogP contribution in [0.1, 0.15) is 26.3 Å². The van der Waals surface area contributed by atoms with E-state index in [2.05, 4.69) is 15.9 Å². The lowest BCUT2D eigenvalue weighted by atomic mass is 10.1. The fourth-order valence-corrected chi connectivity index (χ4v) is 3.85. The molecule has 2 nitrogen and oxygen atoms in total. The maximum absolute atomic E-state index is 12.4. The van der Waals surface area contributed by atoms with Crippen LogP contribution in [-0.2, 0) is 4.79 Å². The van der Waals surface area contributed by atoms with Gasteiger partial charge in [0.2, 0.25) is 0 Å². The Morgan fingerprint density at radius 1 is 1.37 bits per heavy atom. The SMILES string of the molecule is CC(C)(C)N1C(=O)/C(=C/c2cccc(Br)c2)SC1=S. The average Bonchev–Trinajstić information content (AvgIpc) is 2.53. The highest BCUT2D eigenvalue weighted by molar-refractivity contribution is 9.10. The first-order chi connectivity index (χ1) is 8.79. The number of carbonyl (C=O) groups is 1. The summed E-state index contributed by atoms with van der Waals surface area (Å²) < 4.78 is 1.62. The number of hydrogen-bond acceptors (Lipinski definition) is 3. The van der Waals surface area contributed by atoms with Gasteiger partial charge < -0.3 is 0 Å². The first-order valence-electron chi connectivity index (χ1n) is 5.83. The van der Waals surface area contributed by atoms with Gasteiger partial charge in [0.1, 0.15) is 4.32 Å². The van der Waals surface area contributed by atoms with Gasteiger partial charge in [-0.2, -0.15) is 0 Å². The third-order valence-electron chi connectivity index (χ3n) is 2.61. The third kappa shape index (κ3) is 3.27. The van der Waals surface area contributed by atoms with Crippen molar-refractivity contribution in [3.63, 3.8) is 0 Å². The Bertz CT molecular complexity index is 575. The summed E-state index contributed by atoms with van der Waals surface area (Å²) in [4.78, 5) is 14.7. The zero-order valence-electron chi connectivity index (χ0n) is 10.9. The maximum Gasteiger partial charge on any atom is 0.266 e. The van der Waals surface area contributed by atoms with Gasteiger partial charge in [-0.1, -0.05) is 52.0 Å². The largest absolute Gasteiger partial charge is 0.288 e. The summed E-state index contributed by atoms with van der Waals surface area (Å²) in [6, 6.07) is 7.84. The number of rotatable bonds is 1. The molecule has 0 aliphatic carbocycles. The molecule has 1 aromatic carbocycles. The van der Waals surface area contributed by atoms with Gasteiger partial charge in [0.25, 0.3) is 5.91 Å². The van der Waals surface area contributed by atoms with Gasteiger partial charge in [-0.25, -0.2) is 0 Å². The van der Waals surface area contributed by atoms with Gasteiger partial charge in [-0.3, -0.25) is 9.69 Å². The molecule has 0 saturated carbocycles. The van der Waals surface area contributed by atoms with Crippen molar-refractivity contribution in [2.75, 3.05) is 0 Å². The number of carbonyl (C=O) groups excluding carboxylic acids is 1. The minimum absolute atomic E-state index is 0.0116. The smallest absolute Gasteiger partial charge is 0.266 e. The van der Waals surface area contributed by atoms with Gasteiger partial charge >= 0.3 is 0 Å². The van der Waals surface area contributed by atoms with E-state index >= 15 is 0 Å². The lowest BCUT2D eigenvalue weighted by Gasteiger charge is -2.30. The number of halogens is 1. The average molecular weight is 356 g/mol. The molecule has 1 saturated heterocycles. The molecule has 0 unspecified atom stereocenters. The molecule has 0 N–H and O–H groups in total. The Hall–Kier alpha value is -0.650. The second kappa shape index (κ2) is 5.38. The zero-order chi connectivity index (χ0) is 14.2. The monoisotopic (exact) mass is 355 g/mol. The van der Waals surface area contributed by atoms with Gasteiger partial charge in [0, 0.05) is 10.0 Å². The fourth-order valence-electron chi connectivity index (χ4n) is 1.79. The summed E-state index contributed by atoms with van der Waals surface area (Å²) in [5.74, 6) is -0.0116. The molecule has 0 bridgehead atoms. The molecule has 1 heterocycles. The molecular weight excluding hydrogens is 342 g/mol. The van der Waals surface area contributed by atoms with Gasteiger partial charge in [0.15, 0.2) is 0 Å². The van der Waals surface area contributed by atoms with Gasteiger partial charge in [-0.15, -0.1) is 0 Å². The summed E-state index contributed by atoms with van der Waals surface area (Å²) in [6.45, 7) is 5.96. The predicted molar refractivity (Wildman–Crippen MR) is 88.9 cm³/mol. The van der Waals surface area contributed by atoms with E-state index in [1.54, 1.807) is 4.90 Å². The second-order valence-electron chi connectivity index (χ2n) is 5.24. The highest BCUT2D eigenvalue weighted by Crippen LogP contribution is 2.36. The maximum atomic E-state index is 12.4. The Labute approximate surface area is 131 Å². The van der Waals surface area contributed by atoms with E-state index in [0.717, 1.165) is 10.0 Å². The summed E-state index contributed by atoms with van der Waals surface area (Å²) >= 11 is 10.1. The van der Waals surface area contributed by atoms with E-state index in [1.807, 2.05) is 51.1 Å². The van der Waals surface area contributed by atoms with Gasteiger partial charge in [-0.05, 0) is 44.5 Å². The van der Waals surface area contributed by atoms with Crippen LogP contribution in [0.2, 0.25) is 0 Å². The van der Waals surface area contributed by atoms with Crippen LogP contribution >= 0.6 is 39.9 Å². The molecule has 2 rings (SSSR count). The summed E-state index contributed by atoms with van der Waals surface area (Å²) in [5, 5.41) is 0. The van der Waals surface area contributed by atoms with E-state index in [1.165, 1.54) is 11.8 Å². The molecule has 0 spiro atoms. The Kier molecular flexibility index (Phi) is 4.18.